The van der Waals surface area contributed by atoms with Gasteiger partial charge < -0.3 is 11.1 Å². The Bertz CT molecular complexity index is 400. The number of nitrogens with zero attached hydrogens (tertiary/aromatic N) is 2. The third-order valence-corrected chi connectivity index (χ3v) is 3.74. The zero-order valence-corrected chi connectivity index (χ0v) is 12.3. The van der Waals surface area contributed by atoms with Crippen LogP contribution in [0.15, 0.2) is 6.20 Å². The molecule has 0 aliphatic carbocycles. The quantitative estimate of drug-likeness (QED) is 0.749. The minimum Gasteiger partial charge on any atom is -0.352 e. The van der Waals surface area contributed by atoms with Crippen LogP contribution in [0, 0.1) is 12.8 Å². The molecule has 5 nitrogen and oxygen atoms in total. The molecule has 19 heavy (non-hydrogen) atoms. The van der Waals surface area contributed by atoms with Crippen LogP contribution in [0.2, 0.25) is 0 Å². The van der Waals surface area contributed by atoms with Gasteiger partial charge in [0.1, 0.15) is 0 Å². The molecule has 0 aliphatic rings. The fourth-order valence-electron chi connectivity index (χ4n) is 2.12. The van der Waals surface area contributed by atoms with Gasteiger partial charge in [-0.25, -0.2) is 0 Å². The second-order valence-corrected chi connectivity index (χ2v) is 5.05. The Hall–Kier alpha value is -1.36. The highest BCUT2D eigenvalue weighted by molar-refractivity contribution is 5.75. The van der Waals surface area contributed by atoms with Gasteiger partial charge in [-0.1, -0.05) is 13.3 Å². The normalized spacial score (nSPS) is 12.4. The van der Waals surface area contributed by atoms with Crippen molar-refractivity contribution in [3.05, 3.63) is 17.5 Å². The van der Waals surface area contributed by atoms with Crippen molar-refractivity contribution in [2.24, 2.45) is 18.7 Å². The number of aryl methyl sites for hydroxylation is 1. The summed E-state index contributed by atoms with van der Waals surface area (Å²) >= 11 is 0. The van der Waals surface area contributed by atoms with Crippen molar-refractivity contribution >= 4 is 5.91 Å². The zero-order valence-electron chi connectivity index (χ0n) is 12.3. The van der Waals surface area contributed by atoms with Gasteiger partial charge in [-0.3, -0.25) is 9.48 Å². The van der Waals surface area contributed by atoms with E-state index in [4.69, 9.17) is 5.73 Å². The Morgan fingerprint density at radius 2 is 2.26 bits per heavy atom. The lowest BCUT2D eigenvalue weighted by Gasteiger charge is -2.13. The van der Waals surface area contributed by atoms with Gasteiger partial charge in [0.25, 0.3) is 0 Å². The van der Waals surface area contributed by atoms with Gasteiger partial charge >= 0.3 is 0 Å². The fraction of sp³-hybridized carbons (Fsp3) is 0.714. The molecule has 108 valence electrons. The molecule has 5 heteroatoms. The van der Waals surface area contributed by atoms with Crippen LogP contribution >= 0.6 is 0 Å². The molecule has 1 heterocycles. The second kappa shape index (κ2) is 7.94. The van der Waals surface area contributed by atoms with E-state index in [0.29, 0.717) is 25.4 Å². The van der Waals surface area contributed by atoms with Gasteiger partial charge in [-0.2, -0.15) is 5.10 Å². The molecule has 0 aromatic carbocycles. The Balaban J connectivity index is 2.30. The van der Waals surface area contributed by atoms with E-state index in [2.05, 4.69) is 17.3 Å². The molecule has 0 saturated heterocycles. The lowest BCUT2D eigenvalue weighted by atomic mass is 9.96. The van der Waals surface area contributed by atoms with Gasteiger partial charge in [-0.15, -0.1) is 0 Å². The molecule has 0 bridgehead atoms. The first kappa shape index (κ1) is 15.7. The summed E-state index contributed by atoms with van der Waals surface area (Å²) in [6, 6.07) is 0. The SMILES string of the molecule is CCC(CCN)CCC(=O)NCc1cnn(C)c1C. The predicted molar refractivity (Wildman–Crippen MR) is 76.5 cm³/mol. The number of nitrogens with two attached hydrogens (primary N) is 1. The first-order valence-electron chi connectivity index (χ1n) is 7.02. The number of nitrogens with one attached hydrogen (secondary N) is 1. The lowest BCUT2D eigenvalue weighted by molar-refractivity contribution is -0.121. The number of hydrogen-bond acceptors (Lipinski definition) is 3. The Labute approximate surface area is 115 Å². The summed E-state index contributed by atoms with van der Waals surface area (Å²) in [6.45, 7) is 5.42. The van der Waals surface area contributed by atoms with E-state index in [1.165, 1.54) is 0 Å². The summed E-state index contributed by atoms with van der Waals surface area (Å²) in [4.78, 5) is 11.8. The standard InChI is InChI=1S/C14H26N4O/c1-4-12(7-8-15)5-6-14(19)16-9-13-10-17-18(3)11(13)2/h10,12H,4-9,15H2,1-3H3,(H,16,19). The summed E-state index contributed by atoms with van der Waals surface area (Å²) < 4.78 is 1.82. The molecule has 0 fully saturated rings. The number of carbonyl (C=O) groups excluding carboxylic acids is 1. The van der Waals surface area contributed by atoms with Crippen molar-refractivity contribution in [2.45, 2.75) is 46.1 Å². The maximum Gasteiger partial charge on any atom is 0.220 e. The van der Waals surface area contributed by atoms with E-state index in [1.807, 2.05) is 18.7 Å². The molecule has 1 rings (SSSR count). The van der Waals surface area contributed by atoms with Crippen LogP contribution in [0.25, 0.3) is 0 Å². The van der Waals surface area contributed by atoms with Crippen LogP contribution in [0.3, 0.4) is 0 Å². The van der Waals surface area contributed by atoms with Crippen molar-refractivity contribution in [3.8, 4) is 0 Å². The Kier molecular flexibility index (Phi) is 6.56. The fourth-order valence-corrected chi connectivity index (χ4v) is 2.12. The molecular weight excluding hydrogens is 240 g/mol. The molecule has 0 aliphatic heterocycles. The number of amides is 1. The molecule has 1 atom stereocenters. The van der Waals surface area contributed by atoms with Crippen LogP contribution in [-0.4, -0.2) is 22.2 Å². The molecule has 1 aromatic heterocycles. The van der Waals surface area contributed by atoms with Gasteiger partial charge in [0.2, 0.25) is 5.91 Å². The Morgan fingerprint density at radius 3 is 2.79 bits per heavy atom. The number of rotatable bonds is 8. The smallest absolute Gasteiger partial charge is 0.220 e. The summed E-state index contributed by atoms with van der Waals surface area (Å²) in [5, 5.41) is 7.11. The van der Waals surface area contributed by atoms with Gasteiger partial charge in [0.05, 0.1) is 6.20 Å². The van der Waals surface area contributed by atoms with E-state index >= 15 is 0 Å². The highest BCUT2D eigenvalue weighted by Crippen LogP contribution is 2.14. The van der Waals surface area contributed by atoms with Crippen LogP contribution in [0.1, 0.15) is 43.9 Å². The second-order valence-electron chi connectivity index (χ2n) is 5.05. The van der Waals surface area contributed by atoms with Gasteiger partial charge in [0, 0.05) is 31.3 Å². The predicted octanol–water partition coefficient (Wildman–Crippen LogP) is 1.50. The van der Waals surface area contributed by atoms with Crippen molar-refractivity contribution in [2.75, 3.05) is 6.54 Å². The maximum absolute atomic E-state index is 11.8. The average Bonchev–Trinajstić information content (AvgIpc) is 2.72. The number of aromatic nitrogens is 2. The average molecular weight is 266 g/mol. The largest absolute Gasteiger partial charge is 0.352 e. The molecule has 1 aromatic rings. The zero-order chi connectivity index (χ0) is 14.3. The van der Waals surface area contributed by atoms with Crippen molar-refractivity contribution < 1.29 is 4.79 Å². The van der Waals surface area contributed by atoms with E-state index < -0.39 is 0 Å². The molecule has 0 radical (unpaired) electrons. The van der Waals surface area contributed by atoms with E-state index in [-0.39, 0.29) is 5.91 Å². The molecule has 0 saturated carbocycles. The summed E-state index contributed by atoms with van der Waals surface area (Å²) in [7, 11) is 1.90. The van der Waals surface area contributed by atoms with Crippen LogP contribution in [-0.2, 0) is 18.4 Å². The molecule has 1 amide bonds. The van der Waals surface area contributed by atoms with Gasteiger partial charge in [-0.05, 0) is 32.2 Å². The molecule has 1 unspecified atom stereocenters. The van der Waals surface area contributed by atoms with Crippen molar-refractivity contribution in [1.29, 1.82) is 0 Å². The highest BCUT2D eigenvalue weighted by atomic mass is 16.1. The topological polar surface area (TPSA) is 72.9 Å². The third kappa shape index (κ3) is 5.03. The Morgan fingerprint density at radius 1 is 1.53 bits per heavy atom. The minimum absolute atomic E-state index is 0.110. The van der Waals surface area contributed by atoms with Crippen LogP contribution in [0.5, 0.6) is 0 Å². The molecule has 3 N–H and O–H groups in total. The van der Waals surface area contributed by atoms with Crippen molar-refractivity contribution in [3.63, 3.8) is 0 Å². The first-order valence-corrected chi connectivity index (χ1v) is 7.02. The molecule has 0 spiro atoms. The third-order valence-electron chi connectivity index (χ3n) is 3.74. The van der Waals surface area contributed by atoms with Crippen molar-refractivity contribution in [1.82, 2.24) is 15.1 Å². The monoisotopic (exact) mass is 266 g/mol. The van der Waals surface area contributed by atoms with Gasteiger partial charge in [0.15, 0.2) is 0 Å². The first-order chi connectivity index (χ1) is 9.08. The summed E-state index contributed by atoms with van der Waals surface area (Å²) in [6.07, 6.45) is 5.40. The lowest BCUT2D eigenvalue weighted by Crippen LogP contribution is -2.23. The van der Waals surface area contributed by atoms with Crippen LogP contribution < -0.4 is 11.1 Å². The number of carbonyl (C=O) groups is 1. The summed E-state index contributed by atoms with van der Waals surface area (Å²) in [5.74, 6) is 0.676. The summed E-state index contributed by atoms with van der Waals surface area (Å²) in [5.41, 5.74) is 7.72. The highest BCUT2D eigenvalue weighted by Gasteiger charge is 2.10. The maximum atomic E-state index is 11.8. The van der Waals surface area contributed by atoms with E-state index in [9.17, 15) is 4.79 Å². The minimum atomic E-state index is 0.110. The van der Waals surface area contributed by atoms with E-state index in [0.717, 1.165) is 30.5 Å². The van der Waals surface area contributed by atoms with E-state index in [1.54, 1.807) is 6.20 Å². The number of hydrogen-bond donors (Lipinski definition) is 2. The van der Waals surface area contributed by atoms with Crippen LogP contribution in [0.4, 0.5) is 0 Å². The molecular formula is C14H26N4O.